The molecule has 1 aliphatic heterocycles. The second-order valence-electron chi connectivity index (χ2n) is 4.32. The summed E-state index contributed by atoms with van der Waals surface area (Å²) in [4.78, 5) is 0. The largest absolute Gasteiger partial charge is 0.393 e. The van der Waals surface area contributed by atoms with Crippen molar-refractivity contribution in [2.75, 3.05) is 6.61 Å². The summed E-state index contributed by atoms with van der Waals surface area (Å²) in [7, 11) is 0. The predicted molar refractivity (Wildman–Crippen MR) is 47.9 cm³/mol. The van der Waals surface area contributed by atoms with Crippen molar-refractivity contribution in [2.24, 2.45) is 5.73 Å². The molecule has 0 radical (unpaired) electrons. The summed E-state index contributed by atoms with van der Waals surface area (Å²) < 4.78 is 5.52. The van der Waals surface area contributed by atoms with Crippen LogP contribution in [0.5, 0.6) is 0 Å². The van der Waals surface area contributed by atoms with Crippen LogP contribution in [0.25, 0.3) is 0 Å². The zero-order chi connectivity index (χ0) is 9.41. The number of ether oxygens (including phenoxy) is 1. The smallest absolute Gasteiger partial charge is 0.0806 e. The van der Waals surface area contributed by atoms with Crippen molar-refractivity contribution < 1.29 is 9.84 Å². The molecule has 0 bridgehead atoms. The number of hydrogen-bond donors (Lipinski definition) is 2. The fraction of sp³-hybridized carbons (Fsp3) is 1.00. The normalized spacial score (nSPS) is 36.8. The van der Waals surface area contributed by atoms with Crippen molar-refractivity contribution in [1.29, 1.82) is 0 Å². The minimum atomic E-state index is -0.360. The highest BCUT2D eigenvalue weighted by atomic mass is 16.5. The summed E-state index contributed by atoms with van der Waals surface area (Å²) in [6.07, 6.45) is 1.10. The highest BCUT2D eigenvalue weighted by Crippen LogP contribution is 2.36. The zero-order valence-corrected chi connectivity index (χ0v) is 8.13. The Hall–Kier alpha value is -0.120. The predicted octanol–water partition coefficient (Wildman–Crippen LogP) is 0.654. The molecule has 1 aliphatic rings. The number of aliphatic hydroxyl groups is 1. The minimum absolute atomic E-state index is 0.302. The molecule has 0 aromatic rings. The van der Waals surface area contributed by atoms with Gasteiger partial charge in [0.2, 0.25) is 0 Å². The molecule has 0 aromatic heterocycles. The summed E-state index contributed by atoms with van der Waals surface area (Å²) in [6.45, 7) is 6.45. The first-order chi connectivity index (χ1) is 5.37. The van der Waals surface area contributed by atoms with Crippen molar-refractivity contribution in [3.8, 4) is 0 Å². The van der Waals surface area contributed by atoms with Crippen LogP contribution in [0.3, 0.4) is 0 Å². The van der Waals surface area contributed by atoms with E-state index in [1.54, 1.807) is 6.92 Å². The van der Waals surface area contributed by atoms with E-state index < -0.39 is 0 Å². The molecule has 2 atom stereocenters. The highest BCUT2D eigenvalue weighted by molar-refractivity contribution is 5.04. The molecular weight excluding hydrogens is 154 g/mol. The van der Waals surface area contributed by atoms with Gasteiger partial charge in [-0.15, -0.1) is 0 Å². The summed E-state index contributed by atoms with van der Waals surface area (Å²) in [6, 6.07) is 0. The molecule has 3 N–H and O–H groups in total. The van der Waals surface area contributed by atoms with Crippen LogP contribution in [-0.2, 0) is 4.74 Å². The zero-order valence-electron chi connectivity index (χ0n) is 8.13. The van der Waals surface area contributed by atoms with Gasteiger partial charge < -0.3 is 15.6 Å². The first-order valence-electron chi connectivity index (χ1n) is 4.48. The first kappa shape index (κ1) is 9.96. The highest BCUT2D eigenvalue weighted by Gasteiger charge is 2.47. The van der Waals surface area contributed by atoms with E-state index in [1.807, 2.05) is 13.8 Å². The molecule has 0 amide bonds. The van der Waals surface area contributed by atoms with E-state index in [2.05, 4.69) is 0 Å². The maximum atomic E-state index is 9.27. The Balaban J connectivity index is 2.69. The lowest BCUT2D eigenvalue weighted by Gasteiger charge is -2.37. The van der Waals surface area contributed by atoms with E-state index in [-0.39, 0.29) is 17.2 Å². The molecule has 1 heterocycles. The van der Waals surface area contributed by atoms with Gasteiger partial charge >= 0.3 is 0 Å². The molecule has 0 aliphatic carbocycles. The Bertz CT molecular complexity index is 168. The molecule has 0 saturated carbocycles. The van der Waals surface area contributed by atoms with Crippen LogP contribution < -0.4 is 5.73 Å². The first-order valence-corrected chi connectivity index (χ1v) is 4.48. The molecule has 1 fully saturated rings. The Labute approximate surface area is 73.9 Å². The van der Waals surface area contributed by atoms with Crippen LogP contribution in [0.15, 0.2) is 0 Å². The molecule has 1 rings (SSSR count). The van der Waals surface area contributed by atoms with Crippen LogP contribution in [0.2, 0.25) is 0 Å². The number of aliphatic hydroxyl groups excluding tert-OH is 1. The van der Waals surface area contributed by atoms with E-state index in [4.69, 9.17) is 10.5 Å². The third-order valence-corrected chi connectivity index (χ3v) is 2.87. The van der Waals surface area contributed by atoms with Gasteiger partial charge in [-0.1, -0.05) is 0 Å². The maximum Gasteiger partial charge on any atom is 0.0806 e. The van der Waals surface area contributed by atoms with Crippen molar-refractivity contribution in [1.82, 2.24) is 0 Å². The van der Waals surface area contributed by atoms with Crippen LogP contribution in [0.4, 0.5) is 0 Å². The van der Waals surface area contributed by atoms with Crippen molar-refractivity contribution in [2.45, 2.75) is 50.9 Å². The number of hydrogen-bond acceptors (Lipinski definition) is 3. The maximum absolute atomic E-state index is 9.27. The van der Waals surface area contributed by atoms with E-state index >= 15 is 0 Å². The second kappa shape index (κ2) is 2.98. The fourth-order valence-electron chi connectivity index (χ4n) is 1.81. The van der Waals surface area contributed by atoms with Crippen molar-refractivity contribution in [3.05, 3.63) is 0 Å². The van der Waals surface area contributed by atoms with E-state index in [0.29, 0.717) is 13.0 Å². The molecule has 0 spiro atoms. The van der Waals surface area contributed by atoms with E-state index in [1.165, 1.54) is 0 Å². The molecule has 3 nitrogen and oxygen atoms in total. The van der Waals surface area contributed by atoms with Gasteiger partial charge in [-0.05, 0) is 33.6 Å². The lowest BCUT2D eigenvalue weighted by molar-refractivity contribution is -0.0132. The van der Waals surface area contributed by atoms with Crippen LogP contribution in [0.1, 0.15) is 33.6 Å². The molecule has 1 saturated heterocycles. The van der Waals surface area contributed by atoms with Gasteiger partial charge in [0.15, 0.2) is 0 Å². The fourth-order valence-corrected chi connectivity index (χ4v) is 1.81. The lowest BCUT2D eigenvalue weighted by atomic mass is 9.79. The van der Waals surface area contributed by atoms with Gasteiger partial charge in [0.1, 0.15) is 0 Å². The molecule has 12 heavy (non-hydrogen) atoms. The molecule has 2 unspecified atom stereocenters. The molecule has 72 valence electrons. The number of rotatable bonds is 2. The number of nitrogens with two attached hydrogens (primary N) is 1. The van der Waals surface area contributed by atoms with Gasteiger partial charge in [-0.2, -0.15) is 0 Å². The Kier molecular flexibility index (Phi) is 2.47. The average Bonchev–Trinajstić information content (AvgIpc) is 2.05. The van der Waals surface area contributed by atoms with Gasteiger partial charge in [0.25, 0.3) is 0 Å². The minimum Gasteiger partial charge on any atom is -0.393 e. The summed E-state index contributed by atoms with van der Waals surface area (Å²) in [5, 5.41) is 9.27. The Morgan fingerprint density at radius 3 is 2.50 bits per heavy atom. The monoisotopic (exact) mass is 173 g/mol. The SMILES string of the molecule is CC(O)CC1(N)CCOC1(C)C. The average molecular weight is 173 g/mol. The van der Waals surface area contributed by atoms with Gasteiger partial charge in [0, 0.05) is 12.1 Å². The van der Waals surface area contributed by atoms with Gasteiger partial charge in [0.05, 0.1) is 11.7 Å². The van der Waals surface area contributed by atoms with Crippen LogP contribution >= 0.6 is 0 Å². The van der Waals surface area contributed by atoms with Crippen LogP contribution in [0, 0.1) is 0 Å². The Morgan fingerprint density at radius 1 is 1.58 bits per heavy atom. The standard InChI is InChI=1S/C9H19NO2/c1-7(11)6-9(10)4-5-12-8(9,2)3/h7,11H,4-6,10H2,1-3H3. The summed E-state index contributed by atoms with van der Waals surface area (Å²) in [5.74, 6) is 0. The van der Waals surface area contributed by atoms with E-state index in [0.717, 1.165) is 6.42 Å². The quantitative estimate of drug-likeness (QED) is 0.644. The van der Waals surface area contributed by atoms with Crippen molar-refractivity contribution in [3.63, 3.8) is 0 Å². The van der Waals surface area contributed by atoms with E-state index in [9.17, 15) is 5.11 Å². The summed E-state index contributed by atoms with van der Waals surface area (Å²) in [5.41, 5.74) is 5.49. The van der Waals surface area contributed by atoms with Crippen LogP contribution in [-0.4, -0.2) is 29.0 Å². The molecule has 0 aromatic carbocycles. The lowest BCUT2D eigenvalue weighted by Crippen LogP contribution is -2.55. The topological polar surface area (TPSA) is 55.5 Å². The third-order valence-electron chi connectivity index (χ3n) is 2.87. The summed E-state index contributed by atoms with van der Waals surface area (Å²) >= 11 is 0. The molecule has 3 heteroatoms. The molecular formula is C9H19NO2. The van der Waals surface area contributed by atoms with Gasteiger partial charge in [-0.25, -0.2) is 0 Å². The van der Waals surface area contributed by atoms with Gasteiger partial charge in [-0.3, -0.25) is 0 Å². The second-order valence-corrected chi connectivity index (χ2v) is 4.32. The Morgan fingerprint density at radius 2 is 2.17 bits per heavy atom. The third kappa shape index (κ3) is 1.63. The van der Waals surface area contributed by atoms with Crippen molar-refractivity contribution >= 4 is 0 Å².